The average Bonchev–Trinajstić information content (AvgIpc) is 3.14. The average molecular weight is 386 g/mol. The van der Waals surface area contributed by atoms with Crippen molar-refractivity contribution in [3.8, 4) is 0 Å². The number of hydrogen-bond donors (Lipinski definition) is 1. The maximum Gasteiger partial charge on any atom is 0.253 e. The standard InChI is InChI=1S/C20H23FN4O3/c1-2-13(20(27)25-7-6-14-15(21)4-3-5-16(14)25)19-22-17(12-18(26)23-19)24-8-10-28-11-9-24/h3-5,12-13H,2,6-11H2,1H3,(H,22,23,26). The Labute approximate surface area is 162 Å². The number of rotatable bonds is 4. The Hall–Kier alpha value is -2.74. The molecule has 0 radical (unpaired) electrons. The van der Waals surface area contributed by atoms with E-state index >= 15 is 0 Å². The van der Waals surface area contributed by atoms with Crippen LogP contribution < -0.4 is 15.4 Å². The summed E-state index contributed by atoms with van der Waals surface area (Å²) in [4.78, 5) is 36.4. The number of nitrogens with zero attached hydrogens (tertiary/aromatic N) is 3. The van der Waals surface area contributed by atoms with Gasteiger partial charge in [0, 0.05) is 37.0 Å². The number of halogens is 1. The molecule has 1 aromatic carbocycles. The van der Waals surface area contributed by atoms with Crippen molar-refractivity contribution in [2.24, 2.45) is 0 Å². The van der Waals surface area contributed by atoms with Crippen molar-refractivity contribution in [1.82, 2.24) is 9.97 Å². The third-order valence-electron chi connectivity index (χ3n) is 5.35. The van der Waals surface area contributed by atoms with Crippen LogP contribution in [0.5, 0.6) is 0 Å². The summed E-state index contributed by atoms with van der Waals surface area (Å²) < 4.78 is 19.4. The normalized spacial score (nSPS) is 17.5. The van der Waals surface area contributed by atoms with Crippen LogP contribution >= 0.6 is 0 Å². The van der Waals surface area contributed by atoms with Gasteiger partial charge in [0.1, 0.15) is 17.5 Å². The summed E-state index contributed by atoms with van der Waals surface area (Å²) in [5.41, 5.74) is 0.884. The summed E-state index contributed by atoms with van der Waals surface area (Å²) in [5, 5.41) is 0. The highest BCUT2D eigenvalue weighted by Gasteiger charge is 2.33. The molecule has 1 N–H and O–H groups in total. The highest BCUT2D eigenvalue weighted by atomic mass is 19.1. The van der Waals surface area contributed by atoms with E-state index in [2.05, 4.69) is 9.97 Å². The Kier molecular flexibility index (Phi) is 5.13. The monoisotopic (exact) mass is 386 g/mol. The van der Waals surface area contributed by atoms with Crippen LogP contribution in [0.25, 0.3) is 0 Å². The van der Waals surface area contributed by atoms with Gasteiger partial charge in [-0.15, -0.1) is 0 Å². The van der Waals surface area contributed by atoms with Gasteiger partial charge in [-0.25, -0.2) is 9.37 Å². The van der Waals surface area contributed by atoms with Crippen LogP contribution in [0, 0.1) is 5.82 Å². The van der Waals surface area contributed by atoms with Gasteiger partial charge >= 0.3 is 0 Å². The lowest BCUT2D eigenvalue weighted by Crippen LogP contribution is -2.38. The third-order valence-corrected chi connectivity index (χ3v) is 5.35. The highest BCUT2D eigenvalue weighted by Crippen LogP contribution is 2.33. The molecule has 2 aliphatic rings. The van der Waals surface area contributed by atoms with Crippen molar-refractivity contribution in [1.29, 1.82) is 0 Å². The van der Waals surface area contributed by atoms with Crippen LogP contribution in [-0.2, 0) is 16.0 Å². The highest BCUT2D eigenvalue weighted by molar-refractivity contribution is 5.99. The molecule has 0 aliphatic carbocycles. The van der Waals surface area contributed by atoms with Crippen molar-refractivity contribution in [2.75, 3.05) is 42.6 Å². The van der Waals surface area contributed by atoms with E-state index in [1.54, 1.807) is 17.0 Å². The van der Waals surface area contributed by atoms with Crippen molar-refractivity contribution in [2.45, 2.75) is 25.7 Å². The summed E-state index contributed by atoms with van der Waals surface area (Å²) in [6.07, 6.45) is 0.970. The lowest BCUT2D eigenvalue weighted by Gasteiger charge is -2.28. The smallest absolute Gasteiger partial charge is 0.253 e. The lowest BCUT2D eigenvalue weighted by atomic mass is 10.0. The second kappa shape index (κ2) is 7.71. The molecule has 1 fully saturated rings. The van der Waals surface area contributed by atoms with Crippen LogP contribution in [0.3, 0.4) is 0 Å². The molecule has 1 aromatic heterocycles. The van der Waals surface area contributed by atoms with Gasteiger partial charge in [-0.3, -0.25) is 9.59 Å². The Morgan fingerprint density at radius 2 is 2.11 bits per heavy atom. The van der Waals surface area contributed by atoms with Crippen LogP contribution in [-0.4, -0.2) is 48.7 Å². The molecule has 0 bridgehead atoms. The summed E-state index contributed by atoms with van der Waals surface area (Å²) in [7, 11) is 0. The maximum atomic E-state index is 14.0. The van der Waals surface area contributed by atoms with Crippen LogP contribution in [0.15, 0.2) is 29.1 Å². The number of anilines is 2. The number of amides is 1. The van der Waals surface area contributed by atoms with Gasteiger partial charge in [-0.05, 0) is 25.0 Å². The number of aromatic nitrogens is 2. The van der Waals surface area contributed by atoms with Crippen molar-refractivity contribution < 1.29 is 13.9 Å². The number of fused-ring (bicyclic) bond motifs is 1. The molecule has 0 saturated carbocycles. The zero-order valence-electron chi connectivity index (χ0n) is 15.8. The van der Waals surface area contributed by atoms with Gasteiger partial charge in [0.25, 0.3) is 5.56 Å². The number of H-pyrrole nitrogens is 1. The van der Waals surface area contributed by atoms with E-state index in [-0.39, 0.29) is 17.3 Å². The van der Waals surface area contributed by atoms with E-state index < -0.39 is 5.92 Å². The molecule has 7 nitrogen and oxygen atoms in total. The first-order valence-corrected chi connectivity index (χ1v) is 9.61. The zero-order chi connectivity index (χ0) is 19.7. The maximum absolute atomic E-state index is 14.0. The number of carbonyl (C=O) groups excluding carboxylic acids is 1. The van der Waals surface area contributed by atoms with Gasteiger partial charge < -0.3 is 19.5 Å². The molecular formula is C20H23FN4O3. The van der Waals surface area contributed by atoms with Crippen LogP contribution in [0.4, 0.5) is 15.9 Å². The fourth-order valence-corrected chi connectivity index (χ4v) is 3.88. The van der Waals surface area contributed by atoms with E-state index in [1.165, 1.54) is 12.1 Å². The SMILES string of the molecule is CCC(C(=O)N1CCc2c(F)cccc21)c1nc(N2CCOCC2)cc(=O)[nH]1. The molecule has 1 unspecified atom stereocenters. The Bertz CT molecular complexity index is 939. The van der Waals surface area contributed by atoms with E-state index in [4.69, 9.17) is 4.74 Å². The predicted octanol–water partition coefficient (Wildman–Crippen LogP) is 1.83. The molecule has 8 heteroatoms. The van der Waals surface area contributed by atoms with Crippen LogP contribution in [0.2, 0.25) is 0 Å². The minimum Gasteiger partial charge on any atom is -0.378 e. The second-order valence-corrected chi connectivity index (χ2v) is 7.03. The third kappa shape index (κ3) is 3.40. The van der Waals surface area contributed by atoms with E-state index in [0.29, 0.717) is 68.6 Å². The second-order valence-electron chi connectivity index (χ2n) is 7.03. The molecule has 1 amide bonds. The van der Waals surface area contributed by atoms with Crippen molar-refractivity contribution in [3.05, 3.63) is 51.8 Å². The first-order chi connectivity index (χ1) is 13.6. The molecule has 28 heavy (non-hydrogen) atoms. The fourth-order valence-electron chi connectivity index (χ4n) is 3.88. The number of nitrogens with one attached hydrogen (secondary N) is 1. The topological polar surface area (TPSA) is 78.5 Å². The molecular weight excluding hydrogens is 363 g/mol. The predicted molar refractivity (Wildman–Crippen MR) is 103 cm³/mol. The number of hydrogen-bond acceptors (Lipinski definition) is 5. The van der Waals surface area contributed by atoms with Crippen molar-refractivity contribution >= 4 is 17.4 Å². The molecule has 3 heterocycles. The Morgan fingerprint density at radius 1 is 1.32 bits per heavy atom. The molecule has 4 rings (SSSR count). The molecule has 0 spiro atoms. The first-order valence-electron chi connectivity index (χ1n) is 9.61. The number of ether oxygens (including phenoxy) is 1. The van der Waals surface area contributed by atoms with Gasteiger partial charge in [-0.2, -0.15) is 0 Å². The summed E-state index contributed by atoms with van der Waals surface area (Å²) in [6, 6.07) is 6.23. The number of aromatic amines is 1. The van der Waals surface area contributed by atoms with Gasteiger partial charge in [0.2, 0.25) is 5.91 Å². The van der Waals surface area contributed by atoms with E-state index in [9.17, 15) is 14.0 Å². The molecule has 148 valence electrons. The van der Waals surface area contributed by atoms with Gasteiger partial charge in [0.05, 0.1) is 19.1 Å². The Balaban J connectivity index is 1.64. The van der Waals surface area contributed by atoms with Crippen LogP contribution in [0.1, 0.15) is 30.7 Å². The van der Waals surface area contributed by atoms with Gasteiger partial charge in [-0.1, -0.05) is 13.0 Å². The minimum atomic E-state index is -0.595. The van der Waals surface area contributed by atoms with E-state index in [1.807, 2.05) is 11.8 Å². The molecule has 2 aliphatic heterocycles. The zero-order valence-corrected chi connectivity index (χ0v) is 15.8. The summed E-state index contributed by atoms with van der Waals surface area (Å²) in [5.74, 6) is -0.147. The minimum absolute atomic E-state index is 0.172. The fraction of sp³-hybridized carbons (Fsp3) is 0.450. The Morgan fingerprint density at radius 3 is 2.86 bits per heavy atom. The number of benzene rings is 1. The summed E-state index contributed by atoms with van der Waals surface area (Å²) in [6.45, 7) is 4.77. The number of carbonyl (C=O) groups is 1. The molecule has 1 atom stereocenters. The van der Waals surface area contributed by atoms with Crippen molar-refractivity contribution in [3.63, 3.8) is 0 Å². The first kappa shape index (κ1) is 18.6. The number of morpholine rings is 1. The molecule has 1 saturated heterocycles. The molecule has 2 aromatic rings. The summed E-state index contributed by atoms with van der Waals surface area (Å²) >= 11 is 0. The van der Waals surface area contributed by atoms with E-state index in [0.717, 1.165) is 0 Å². The quantitative estimate of drug-likeness (QED) is 0.867. The lowest BCUT2D eigenvalue weighted by molar-refractivity contribution is -0.120. The largest absolute Gasteiger partial charge is 0.378 e. The van der Waals surface area contributed by atoms with Gasteiger partial charge in [0.15, 0.2) is 0 Å².